The van der Waals surface area contributed by atoms with Gasteiger partial charge in [-0.1, -0.05) is 17.3 Å². The van der Waals surface area contributed by atoms with Gasteiger partial charge >= 0.3 is 0 Å². The first-order valence-corrected chi connectivity index (χ1v) is 5.49. The van der Waals surface area contributed by atoms with Crippen molar-refractivity contribution in [1.82, 2.24) is 5.16 Å². The fourth-order valence-electron chi connectivity index (χ4n) is 1.97. The highest BCUT2D eigenvalue weighted by Gasteiger charge is 2.16. The molecule has 0 unspecified atom stereocenters. The Labute approximate surface area is 102 Å². The quantitative estimate of drug-likeness (QED) is 0.645. The minimum absolute atomic E-state index is 0.112. The van der Waals surface area contributed by atoms with Crippen LogP contribution in [0.2, 0.25) is 0 Å². The van der Waals surface area contributed by atoms with Crippen LogP contribution in [0, 0.1) is 12.7 Å². The normalized spacial score (nSPS) is 11.0. The Kier molecular flexibility index (Phi) is 2.30. The zero-order valence-electron chi connectivity index (χ0n) is 9.61. The van der Waals surface area contributed by atoms with Crippen molar-refractivity contribution in [2.24, 2.45) is 0 Å². The van der Waals surface area contributed by atoms with E-state index in [-0.39, 0.29) is 11.6 Å². The van der Waals surface area contributed by atoms with Gasteiger partial charge in [-0.25, -0.2) is 4.39 Å². The fourth-order valence-corrected chi connectivity index (χ4v) is 1.97. The van der Waals surface area contributed by atoms with E-state index in [0.717, 1.165) is 0 Å². The molecule has 0 bridgehead atoms. The van der Waals surface area contributed by atoms with E-state index < -0.39 is 0 Å². The summed E-state index contributed by atoms with van der Waals surface area (Å²) in [5.74, 6) is -0.477. The van der Waals surface area contributed by atoms with E-state index in [0.29, 0.717) is 27.8 Å². The molecule has 3 aromatic rings. The summed E-state index contributed by atoms with van der Waals surface area (Å²) in [4.78, 5) is 0. The van der Waals surface area contributed by atoms with Gasteiger partial charge < -0.3 is 4.52 Å². The summed E-state index contributed by atoms with van der Waals surface area (Å²) in [6.07, 6.45) is 0. The first-order valence-electron chi connectivity index (χ1n) is 5.49. The second-order valence-electron chi connectivity index (χ2n) is 4.08. The molecule has 0 amide bonds. The van der Waals surface area contributed by atoms with E-state index in [1.165, 1.54) is 12.1 Å². The van der Waals surface area contributed by atoms with E-state index in [1.54, 1.807) is 31.2 Å². The molecule has 0 fully saturated rings. The summed E-state index contributed by atoms with van der Waals surface area (Å²) in [6, 6.07) is 9.40. The van der Waals surface area contributed by atoms with Crippen LogP contribution in [0.3, 0.4) is 0 Å². The molecular formula is C14H9FNO2. The highest BCUT2D eigenvalue weighted by molar-refractivity contribution is 5.94. The molecule has 4 heteroatoms. The lowest BCUT2D eigenvalue weighted by atomic mass is 10.1. The molecular weight excluding hydrogens is 233 g/mol. The molecule has 3 nitrogen and oxygen atoms in total. The van der Waals surface area contributed by atoms with Crippen molar-refractivity contribution in [2.75, 3.05) is 0 Å². The molecule has 1 heterocycles. The first-order chi connectivity index (χ1) is 8.68. The summed E-state index contributed by atoms with van der Waals surface area (Å²) in [5.41, 5.74) is 1.70. The summed E-state index contributed by atoms with van der Waals surface area (Å²) < 4.78 is 18.9. The fraction of sp³-hybridized carbons (Fsp3) is 0.0714. The third-order valence-electron chi connectivity index (χ3n) is 2.97. The second-order valence-corrected chi connectivity index (χ2v) is 4.08. The zero-order valence-corrected chi connectivity index (χ0v) is 9.61. The lowest BCUT2D eigenvalue weighted by molar-refractivity contribution is 0.350. The molecule has 0 aliphatic heterocycles. The van der Waals surface area contributed by atoms with Crippen LogP contribution in [-0.2, 0) is 5.11 Å². The van der Waals surface area contributed by atoms with E-state index in [2.05, 4.69) is 5.16 Å². The number of hydrogen-bond donors (Lipinski definition) is 0. The van der Waals surface area contributed by atoms with Crippen LogP contribution in [0.25, 0.3) is 22.2 Å². The van der Waals surface area contributed by atoms with Gasteiger partial charge in [0.25, 0.3) is 0 Å². The number of benzene rings is 2. The number of fused-ring (bicyclic) bond motifs is 1. The first kappa shape index (κ1) is 10.8. The van der Waals surface area contributed by atoms with Gasteiger partial charge in [-0.2, -0.15) is 0 Å². The average Bonchev–Trinajstić information content (AvgIpc) is 2.79. The zero-order chi connectivity index (χ0) is 12.7. The van der Waals surface area contributed by atoms with Gasteiger partial charge in [0.15, 0.2) is 11.3 Å². The maximum Gasteiger partial charge on any atom is 0.185 e. The summed E-state index contributed by atoms with van der Waals surface area (Å²) >= 11 is 0. The van der Waals surface area contributed by atoms with Gasteiger partial charge in [0.1, 0.15) is 11.5 Å². The van der Waals surface area contributed by atoms with Crippen LogP contribution in [0.1, 0.15) is 5.56 Å². The summed E-state index contributed by atoms with van der Waals surface area (Å²) in [6.45, 7) is 1.67. The number of aryl methyl sites for hydroxylation is 1. The van der Waals surface area contributed by atoms with Crippen molar-refractivity contribution in [2.45, 2.75) is 6.92 Å². The van der Waals surface area contributed by atoms with Gasteiger partial charge in [-0.05, 0) is 31.2 Å². The van der Waals surface area contributed by atoms with Crippen LogP contribution in [-0.4, -0.2) is 5.16 Å². The Balaban J connectivity index is 2.32. The minimum Gasteiger partial charge on any atom is -0.355 e. The molecule has 0 aliphatic rings. The summed E-state index contributed by atoms with van der Waals surface area (Å²) in [7, 11) is 0. The van der Waals surface area contributed by atoms with Crippen LogP contribution < -0.4 is 0 Å². The molecule has 2 aromatic carbocycles. The average molecular weight is 242 g/mol. The van der Waals surface area contributed by atoms with Crippen molar-refractivity contribution < 1.29 is 14.0 Å². The lowest BCUT2D eigenvalue weighted by Crippen LogP contribution is -1.84. The van der Waals surface area contributed by atoms with Gasteiger partial charge in [0.05, 0.1) is 5.39 Å². The Hall–Kier alpha value is -2.36. The minimum atomic E-state index is -0.364. The summed E-state index contributed by atoms with van der Waals surface area (Å²) in [5, 5.41) is 16.0. The Morgan fingerprint density at radius 3 is 2.72 bits per heavy atom. The topological polar surface area (TPSA) is 45.9 Å². The number of nitrogens with zero attached hydrogens (tertiary/aromatic N) is 1. The van der Waals surface area contributed by atoms with Crippen LogP contribution in [0.15, 0.2) is 40.9 Å². The number of aromatic nitrogens is 1. The van der Waals surface area contributed by atoms with E-state index >= 15 is 0 Å². The molecule has 18 heavy (non-hydrogen) atoms. The third-order valence-corrected chi connectivity index (χ3v) is 2.97. The second kappa shape index (κ2) is 3.84. The van der Waals surface area contributed by atoms with Crippen molar-refractivity contribution in [1.29, 1.82) is 0 Å². The van der Waals surface area contributed by atoms with Crippen LogP contribution in [0.4, 0.5) is 4.39 Å². The van der Waals surface area contributed by atoms with Crippen molar-refractivity contribution >= 4 is 11.0 Å². The molecule has 0 spiro atoms. The van der Waals surface area contributed by atoms with Gasteiger partial charge in [0, 0.05) is 11.1 Å². The van der Waals surface area contributed by atoms with E-state index in [1.807, 2.05) is 0 Å². The van der Waals surface area contributed by atoms with Crippen LogP contribution in [0.5, 0.6) is 5.75 Å². The Morgan fingerprint density at radius 2 is 1.94 bits per heavy atom. The van der Waals surface area contributed by atoms with Gasteiger partial charge in [-0.15, -0.1) is 0 Å². The maximum atomic E-state index is 13.7. The molecule has 0 saturated heterocycles. The van der Waals surface area contributed by atoms with Gasteiger partial charge in [0.2, 0.25) is 0 Å². The molecule has 0 saturated carbocycles. The standard InChI is InChI=1S/C14H9FNO2/c1-8-12(17)7-6-10-13(16-18-14(8)10)9-4-2-3-5-11(9)15/h2-7H,1H3. The monoisotopic (exact) mass is 242 g/mol. The van der Waals surface area contributed by atoms with Crippen LogP contribution >= 0.6 is 0 Å². The highest BCUT2D eigenvalue weighted by atomic mass is 19.1. The third kappa shape index (κ3) is 1.46. The molecule has 0 atom stereocenters. The number of halogens is 1. The van der Waals surface area contributed by atoms with E-state index in [9.17, 15) is 9.50 Å². The lowest BCUT2D eigenvalue weighted by Gasteiger charge is -1.99. The molecule has 3 rings (SSSR count). The molecule has 1 radical (unpaired) electrons. The molecule has 89 valence electrons. The molecule has 1 aromatic heterocycles. The molecule has 0 N–H and O–H groups in total. The van der Waals surface area contributed by atoms with Crippen molar-refractivity contribution in [3.8, 4) is 17.0 Å². The Bertz CT molecular complexity index is 734. The largest absolute Gasteiger partial charge is 0.355 e. The predicted molar refractivity (Wildman–Crippen MR) is 64.3 cm³/mol. The smallest absolute Gasteiger partial charge is 0.185 e. The highest BCUT2D eigenvalue weighted by Crippen LogP contribution is 2.34. The van der Waals surface area contributed by atoms with Gasteiger partial charge in [-0.3, -0.25) is 5.11 Å². The van der Waals surface area contributed by atoms with Crippen molar-refractivity contribution in [3.05, 3.63) is 47.8 Å². The number of hydrogen-bond acceptors (Lipinski definition) is 2. The maximum absolute atomic E-state index is 13.7. The Morgan fingerprint density at radius 1 is 1.17 bits per heavy atom. The van der Waals surface area contributed by atoms with E-state index in [4.69, 9.17) is 4.52 Å². The predicted octanol–water partition coefficient (Wildman–Crippen LogP) is 4.09. The number of rotatable bonds is 1. The van der Waals surface area contributed by atoms with Crippen molar-refractivity contribution in [3.63, 3.8) is 0 Å². The molecule has 0 aliphatic carbocycles. The SMILES string of the molecule is Cc1c([O])ccc2c(-c3ccccc3F)noc12.